The third kappa shape index (κ3) is 1.78. The standard InChI is InChI=1S/C12H17NO2/c1-3-15-12(14)10-8-9(2)13-7-5-4-6-11(10)13/h8H,3-7H2,1-2H3. The maximum atomic E-state index is 11.7. The third-order valence-corrected chi connectivity index (χ3v) is 2.96. The predicted molar refractivity (Wildman–Crippen MR) is 58.1 cm³/mol. The molecule has 0 aromatic carbocycles. The molecule has 1 aliphatic rings. The van der Waals surface area contributed by atoms with Crippen LogP contribution in [0.2, 0.25) is 0 Å². The van der Waals surface area contributed by atoms with Crippen molar-refractivity contribution in [3.8, 4) is 0 Å². The normalized spacial score (nSPS) is 14.8. The molecule has 0 amide bonds. The number of hydrogen-bond donors (Lipinski definition) is 0. The Hall–Kier alpha value is -1.25. The van der Waals surface area contributed by atoms with Crippen LogP contribution in [0, 0.1) is 6.92 Å². The highest BCUT2D eigenvalue weighted by atomic mass is 16.5. The first-order valence-corrected chi connectivity index (χ1v) is 5.60. The molecule has 82 valence electrons. The van der Waals surface area contributed by atoms with Crippen LogP contribution in [-0.4, -0.2) is 17.1 Å². The van der Waals surface area contributed by atoms with Gasteiger partial charge in [0.1, 0.15) is 0 Å². The van der Waals surface area contributed by atoms with Crippen molar-refractivity contribution in [3.05, 3.63) is 23.0 Å². The number of nitrogens with zero attached hydrogens (tertiary/aromatic N) is 1. The number of carbonyl (C=O) groups excluding carboxylic acids is 1. The molecule has 0 spiro atoms. The number of carbonyl (C=O) groups is 1. The molecular weight excluding hydrogens is 190 g/mol. The number of hydrogen-bond acceptors (Lipinski definition) is 2. The second kappa shape index (κ2) is 4.09. The summed E-state index contributed by atoms with van der Waals surface area (Å²) in [6.07, 6.45) is 3.39. The molecule has 1 aliphatic heterocycles. The van der Waals surface area contributed by atoms with Gasteiger partial charge in [-0.2, -0.15) is 0 Å². The van der Waals surface area contributed by atoms with Crippen molar-refractivity contribution in [2.75, 3.05) is 6.61 Å². The van der Waals surface area contributed by atoms with Crippen LogP contribution in [0.15, 0.2) is 6.07 Å². The lowest BCUT2D eigenvalue weighted by Gasteiger charge is -2.17. The first kappa shape index (κ1) is 10.3. The average molecular weight is 207 g/mol. The van der Waals surface area contributed by atoms with Gasteiger partial charge in [0.05, 0.1) is 12.2 Å². The van der Waals surface area contributed by atoms with E-state index in [2.05, 4.69) is 11.5 Å². The van der Waals surface area contributed by atoms with E-state index in [0.29, 0.717) is 6.61 Å². The molecule has 0 saturated heterocycles. The van der Waals surface area contributed by atoms with Gasteiger partial charge in [-0.15, -0.1) is 0 Å². The third-order valence-electron chi connectivity index (χ3n) is 2.96. The van der Waals surface area contributed by atoms with Gasteiger partial charge in [-0.1, -0.05) is 0 Å². The molecule has 0 N–H and O–H groups in total. The molecule has 0 radical (unpaired) electrons. The Kier molecular flexibility index (Phi) is 2.80. The van der Waals surface area contributed by atoms with Crippen molar-refractivity contribution in [2.24, 2.45) is 0 Å². The highest BCUT2D eigenvalue weighted by molar-refractivity contribution is 5.91. The number of aryl methyl sites for hydroxylation is 1. The Morgan fingerprint density at radius 3 is 3.07 bits per heavy atom. The number of rotatable bonds is 2. The summed E-state index contributed by atoms with van der Waals surface area (Å²) in [5.41, 5.74) is 3.11. The minimum absolute atomic E-state index is 0.170. The van der Waals surface area contributed by atoms with Crippen LogP contribution in [0.5, 0.6) is 0 Å². The second-order valence-electron chi connectivity index (χ2n) is 3.98. The van der Waals surface area contributed by atoms with E-state index in [0.717, 1.165) is 24.2 Å². The SMILES string of the molecule is CCOC(=O)c1cc(C)n2c1CCCC2. The van der Waals surface area contributed by atoms with Gasteiger partial charge in [-0.3, -0.25) is 0 Å². The van der Waals surface area contributed by atoms with Gasteiger partial charge in [0.2, 0.25) is 0 Å². The molecule has 0 fully saturated rings. The Morgan fingerprint density at radius 1 is 1.53 bits per heavy atom. The van der Waals surface area contributed by atoms with E-state index in [9.17, 15) is 4.79 Å². The van der Waals surface area contributed by atoms with Crippen molar-refractivity contribution in [2.45, 2.75) is 39.7 Å². The molecule has 1 aromatic heterocycles. The summed E-state index contributed by atoms with van der Waals surface area (Å²) in [7, 11) is 0. The fourth-order valence-corrected chi connectivity index (χ4v) is 2.26. The first-order valence-electron chi connectivity index (χ1n) is 5.60. The lowest BCUT2D eigenvalue weighted by atomic mass is 10.1. The molecule has 0 atom stereocenters. The van der Waals surface area contributed by atoms with Crippen LogP contribution in [0.4, 0.5) is 0 Å². The van der Waals surface area contributed by atoms with Crippen molar-refractivity contribution < 1.29 is 9.53 Å². The van der Waals surface area contributed by atoms with E-state index < -0.39 is 0 Å². The Bertz CT molecular complexity index is 379. The van der Waals surface area contributed by atoms with Crippen LogP contribution in [-0.2, 0) is 17.7 Å². The van der Waals surface area contributed by atoms with E-state index in [1.54, 1.807) is 0 Å². The Balaban J connectivity index is 2.35. The van der Waals surface area contributed by atoms with Crippen LogP contribution in [0.3, 0.4) is 0 Å². The highest BCUT2D eigenvalue weighted by Gasteiger charge is 2.21. The largest absolute Gasteiger partial charge is 0.462 e. The monoisotopic (exact) mass is 207 g/mol. The number of esters is 1. The summed E-state index contributed by atoms with van der Waals surface area (Å²) < 4.78 is 7.30. The smallest absolute Gasteiger partial charge is 0.339 e. The molecule has 3 nitrogen and oxygen atoms in total. The van der Waals surface area contributed by atoms with Crippen molar-refractivity contribution in [1.29, 1.82) is 0 Å². The van der Waals surface area contributed by atoms with Crippen LogP contribution < -0.4 is 0 Å². The van der Waals surface area contributed by atoms with Crippen molar-refractivity contribution in [3.63, 3.8) is 0 Å². The number of aromatic nitrogens is 1. The van der Waals surface area contributed by atoms with E-state index >= 15 is 0 Å². The predicted octanol–water partition coefficient (Wildman–Crippen LogP) is 2.31. The summed E-state index contributed by atoms with van der Waals surface area (Å²) in [5, 5.41) is 0. The summed E-state index contributed by atoms with van der Waals surface area (Å²) >= 11 is 0. The quantitative estimate of drug-likeness (QED) is 0.697. The zero-order valence-corrected chi connectivity index (χ0v) is 9.38. The Morgan fingerprint density at radius 2 is 2.33 bits per heavy atom. The molecule has 0 bridgehead atoms. The molecule has 2 heterocycles. The first-order chi connectivity index (χ1) is 7.24. The maximum absolute atomic E-state index is 11.7. The van der Waals surface area contributed by atoms with Crippen molar-refractivity contribution >= 4 is 5.97 Å². The molecule has 15 heavy (non-hydrogen) atoms. The second-order valence-corrected chi connectivity index (χ2v) is 3.98. The molecular formula is C12H17NO2. The highest BCUT2D eigenvalue weighted by Crippen LogP contribution is 2.23. The van der Waals surface area contributed by atoms with Crippen LogP contribution >= 0.6 is 0 Å². The molecule has 0 aliphatic carbocycles. The zero-order valence-electron chi connectivity index (χ0n) is 9.38. The lowest BCUT2D eigenvalue weighted by molar-refractivity contribution is 0.0524. The lowest BCUT2D eigenvalue weighted by Crippen LogP contribution is -2.14. The minimum atomic E-state index is -0.170. The Labute approximate surface area is 90.0 Å². The molecule has 1 aromatic rings. The zero-order chi connectivity index (χ0) is 10.8. The number of ether oxygens (including phenoxy) is 1. The molecule has 2 rings (SSSR count). The van der Waals surface area contributed by atoms with Gasteiger partial charge in [-0.25, -0.2) is 4.79 Å². The number of fused-ring (bicyclic) bond motifs is 1. The van der Waals surface area contributed by atoms with Gasteiger partial charge in [0.25, 0.3) is 0 Å². The molecule has 0 saturated carbocycles. The van der Waals surface area contributed by atoms with E-state index in [1.165, 1.54) is 18.5 Å². The average Bonchev–Trinajstić information content (AvgIpc) is 2.58. The van der Waals surface area contributed by atoms with Gasteiger partial charge in [0.15, 0.2) is 0 Å². The summed E-state index contributed by atoms with van der Waals surface area (Å²) in [6, 6.07) is 1.96. The summed E-state index contributed by atoms with van der Waals surface area (Å²) in [5.74, 6) is -0.170. The van der Waals surface area contributed by atoms with Crippen molar-refractivity contribution in [1.82, 2.24) is 4.57 Å². The topological polar surface area (TPSA) is 31.2 Å². The summed E-state index contributed by atoms with van der Waals surface area (Å²) in [6.45, 7) is 5.38. The minimum Gasteiger partial charge on any atom is -0.462 e. The van der Waals surface area contributed by atoms with E-state index in [4.69, 9.17) is 4.74 Å². The van der Waals surface area contributed by atoms with Gasteiger partial charge < -0.3 is 9.30 Å². The fourth-order valence-electron chi connectivity index (χ4n) is 2.26. The summed E-state index contributed by atoms with van der Waals surface area (Å²) in [4.78, 5) is 11.7. The van der Waals surface area contributed by atoms with Gasteiger partial charge >= 0.3 is 5.97 Å². The molecule has 0 unspecified atom stereocenters. The van der Waals surface area contributed by atoms with Crippen LogP contribution in [0.1, 0.15) is 41.5 Å². The molecule has 3 heteroatoms. The maximum Gasteiger partial charge on any atom is 0.339 e. The van der Waals surface area contributed by atoms with E-state index in [1.807, 2.05) is 13.0 Å². The van der Waals surface area contributed by atoms with E-state index in [-0.39, 0.29) is 5.97 Å². The fraction of sp³-hybridized carbons (Fsp3) is 0.583. The van der Waals surface area contributed by atoms with Crippen LogP contribution in [0.25, 0.3) is 0 Å². The van der Waals surface area contributed by atoms with Gasteiger partial charge in [-0.05, 0) is 39.2 Å². The van der Waals surface area contributed by atoms with Gasteiger partial charge in [0, 0.05) is 17.9 Å².